The summed E-state index contributed by atoms with van der Waals surface area (Å²) in [7, 11) is 0. The molecule has 0 bridgehead atoms. The zero-order valence-corrected chi connectivity index (χ0v) is 20.1. The number of rotatable bonds is 19. The monoisotopic (exact) mass is 420 g/mol. The molecule has 30 heavy (non-hydrogen) atoms. The van der Waals surface area contributed by atoms with Gasteiger partial charge < -0.3 is 14.9 Å². The average Bonchev–Trinajstić information content (AvgIpc) is 2.74. The van der Waals surface area contributed by atoms with E-state index in [-0.39, 0.29) is 17.1 Å². The van der Waals surface area contributed by atoms with E-state index in [2.05, 4.69) is 20.8 Å². The van der Waals surface area contributed by atoms with Gasteiger partial charge >= 0.3 is 0 Å². The number of para-hydroxylation sites is 1. The third-order valence-corrected chi connectivity index (χ3v) is 6.26. The van der Waals surface area contributed by atoms with Gasteiger partial charge in [-0.1, -0.05) is 97.5 Å². The molecule has 174 valence electrons. The Labute approximate surface area is 186 Å². The van der Waals surface area contributed by atoms with Crippen LogP contribution in [0.5, 0.6) is 17.2 Å². The minimum Gasteiger partial charge on any atom is -0.504 e. The molecule has 0 saturated heterocycles. The van der Waals surface area contributed by atoms with Crippen LogP contribution in [0.25, 0.3) is 0 Å². The fourth-order valence-electron chi connectivity index (χ4n) is 4.33. The van der Waals surface area contributed by atoms with Crippen molar-refractivity contribution < 1.29 is 14.9 Å². The van der Waals surface area contributed by atoms with Crippen LogP contribution < -0.4 is 4.74 Å². The second kappa shape index (κ2) is 16.3. The van der Waals surface area contributed by atoms with Gasteiger partial charge in [0.25, 0.3) is 0 Å². The third-order valence-electron chi connectivity index (χ3n) is 6.26. The summed E-state index contributed by atoms with van der Waals surface area (Å²) in [6.07, 6.45) is 20.5. The lowest BCUT2D eigenvalue weighted by molar-refractivity contribution is 0.0305. The number of benzene rings is 1. The maximum absolute atomic E-state index is 10.4. The second-order valence-corrected chi connectivity index (χ2v) is 9.05. The normalized spacial score (nSPS) is 11.7. The van der Waals surface area contributed by atoms with E-state index in [1.165, 1.54) is 89.5 Å². The molecule has 0 fully saturated rings. The zero-order chi connectivity index (χ0) is 22.1. The van der Waals surface area contributed by atoms with E-state index in [9.17, 15) is 10.2 Å². The Morgan fingerprint density at radius 2 is 1.07 bits per heavy atom. The number of ether oxygens (including phenoxy) is 1. The SMILES string of the molecule is CCCCCCCC(CCCCCC)(CCCCCCC)Oc1cccc(O)c1O. The van der Waals surface area contributed by atoms with E-state index in [4.69, 9.17) is 4.74 Å². The first-order valence-corrected chi connectivity index (χ1v) is 12.8. The van der Waals surface area contributed by atoms with Gasteiger partial charge in [-0.25, -0.2) is 0 Å². The Hall–Kier alpha value is -1.38. The van der Waals surface area contributed by atoms with E-state index in [1.54, 1.807) is 12.1 Å². The van der Waals surface area contributed by atoms with Crippen molar-refractivity contribution in [1.82, 2.24) is 0 Å². The van der Waals surface area contributed by atoms with Crippen LogP contribution in [0.3, 0.4) is 0 Å². The predicted molar refractivity (Wildman–Crippen MR) is 129 cm³/mol. The van der Waals surface area contributed by atoms with Crippen molar-refractivity contribution in [2.24, 2.45) is 0 Å². The molecule has 3 heteroatoms. The van der Waals surface area contributed by atoms with Gasteiger partial charge in [0.2, 0.25) is 5.75 Å². The molecule has 0 heterocycles. The Kier molecular flexibility index (Phi) is 14.5. The van der Waals surface area contributed by atoms with Crippen LogP contribution in [0.1, 0.15) is 130 Å². The van der Waals surface area contributed by atoms with Crippen LogP contribution >= 0.6 is 0 Å². The van der Waals surface area contributed by atoms with Gasteiger partial charge in [0.15, 0.2) is 11.5 Å². The van der Waals surface area contributed by atoms with Gasteiger partial charge in [-0.05, 0) is 50.7 Å². The smallest absolute Gasteiger partial charge is 0.200 e. The summed E-state index contributed by atoms with van der Waals surface area (Å²) in [5.41, 5.74) is -0.239. The molecular formula is C27H48O3. The molecule has 1 aromatic rings. The largest absolute Gasteiger partial charge is 0.504 e. The van der Waals surface area contributed by atoms with E-state index in [0.29, 0.717) is 5.75 Å². The summed E-state index contributed by atoms with van der Waals surface area (Å²) in [6.45, 7) is 6.75. The highest BCUT2D eigenvalue weighted by Crippen LogP contribution is 2.41. The van der Waals surface area contributed by atoms with Crippen molar-refractivity contribution in [3.63, 3.8) is 0 Å². The first-order valence-electron chi connectivity index (χ1n) is 12.8. The van der Waals surface area contributed by atoms with Gasteiger partial charge in [0, 0.05) is 0 Å². The quantitative estimate of drug-likeness (QED) is 0.173. The van der Waals surface area contributed by atoms with Gasteiger partial charge in [-0.15, -0.1) is 0 Å². The molecule has 1 rings (SSSR count). The standard InChI is InChI=1S/C27H48O3/c1-4-7-10-13-16-22-27(21-15-12-9-6-3,23-17-14-11-8-5-2)30-25-20-18-19-24(28)26(25)29/h18-20,28-29H,4-17,21-23H2,1-3H3. The maximum Gasteiger partial charge on any atom is 0.200 e. The number of phenols is 2. The van der Waals surface area contributed by atoms with Crippen molar-refractivity contribution >= 4 is 0 Å². The highest BCUT2D eigenvalue weighted by molar-refractivity contribution is 5.49. The zero-order valence-electron chi connectivity index (χ0n) is 20.1. The lowest BCUT2D eigenvalue weighted by atomic mass is 9.84. The van der Waals surface area contributed by atoms with Gasteiger partial charge in [0.05, 0.1) is 0 Å². The molecule has 2 N–H and O–H groups in total. The summed E-state index contributed by atoms with van der Waals surface area (Å²) in [4.78, 5) is 0. The van der Waals surface area contributed by atoms with E-state index in [1.807, 2.05) is 0 Å². The summed E-state index contributed by atoms with van der Waals surface area (Å²) in [5.74, 6) is 0.221. The Balaban J connectivity index is 2.91. The molecule has 0 aliphatic rings. The molecule has 0 radical (unpaired) electrons. The second-order valence-electron chi connectivity index (χ2n) is 9.05. The highest BCUT2D eigenvalue weighted by Gasteiger charge is 2.32. The molecule has 0 spiro atoms. The fourth-order valence-corrected chi connectivity index (χ4v) is 4.33. The first-order chi connectivity index (χ1) is 14.6. The van der Waals surface area contributed by atoms with Crippen LogP contribution in [-0.2, 0) is 0 Å². The molecule has 0 aliphatic carbocycles. The number of unbranched alkanes of at least 4 members (excludes halogenated alkanes) is 11. The number of hydrogen-bond donors (Lipinski definition) is 2. The minimum absolute atomic E-state index is 0.0988. The van der Waals surface area contributed by atoms with Crippen molar-refractivity contribution in [3.05, 3.63) is 18.2 Å². The Morgan fingerprint density at radius 1 is 0.633 bits per heavy atom. The maximum atomic E-state index is 10.4. The molecule has 0 aliphatic heterocycles. The molecule has 0 unspecified atom stereocenters. The number of aromatic hydroxyl groups is 2. The average molecular weight is 421 g/mol. The topological polar surface area (TPSA) is 49.7 Å². The van der Waals surface area contributed by atoms with Gasteiger partial charge in [0.1, 0.15) is 5.60 Å². The van der Waals surface area contributed by atoms with Crippen LogP contribution in [0.15, 0.2) is 18.2 Å². The van der Waals surface area contributed by atoms with Gasteiger partial charge in [-0.2, -0.15) is 0 Å². The van der Waals surface area contributed by atoms with E-state index >= 15 is 0 Å². The first kappa shape index (κ1) is 26.7. The van der Waals surface area contributed by atoms with Crippen LogP contribution in [-0.4, -0.2) is 15.8 Å². The summed E-state index contributed by atoms with van der Waals surface area (Å²) >= 11 is 0. The molecule has 0 saturated carbocycles. The van der Waals surface area contributed by atoms with Crippen molar-refractivity contribution in [3.8, 4) is 17.2 Å². The molecule has 0 atom stereocenters. The minimum atomic E-state index is -0.239. The van der Waals surface area contributed by atoms with Crippen LogP contribution in [0.4, 0.5) is 0 Å². The van der Waals surface area contributed by atoms with E-state index in [0.717, 1.165) is 25.7 Å². The van der Waals surface area contributed by atoms with Crippen molar-refractivity contribution in [2.75, 3.05) is 0 Å². The third kappa shape index (κ3) is 10.6. The van der Waals surface area contributed by atoms with Crippen LogP contribution in [0, 0.1) is 0 Å². The molecule has 3 nitrogen and oxygen atoms in total. The lowest BCUT2D eigenvalue weighted by Crippen LogP contribution is -2.36. The van der Waals surface area contributed by atoms with Crippen LogP contribution in [0.2, 0.25) is 0 Å². The summed E-state index contributed by atoms with van der Waals surface area (Å²) in [5, 5.41) is 20.3. The number of hydrogen-bond acceptors (Lipinski definition) is 3. The summed E-state index contributed by atoms with van der Waals surface area (Å²) < 4.78 is 6.60. The molecule has 0 amide bonds. The van der Waals surface area contributed by atoms with Gasteiger partial charge in [-0.3, -0.25) is 0 Å². The summed E-state index contributed by atoms with van der Waals surface area (Å²) in [6, 6.07) is 5.07. The predicted octanol–water partition coefficient (Wildman–Crippen LogP) is 8.91. The molecular weight excluding hydrogens is 372 g/mol. The number of phenolic OH excluding ortho intramolecular Hbond substituents is 2. The van der Waals surface area contributed by atoms with Crippen molar-refractivity contribution in [2.45, 2.75) is 136 Å². The molecule has 1 aromatic carbocycles. The Morgan fingerprint density at radius 3 is 1.53 bits per heavy atom. The lowest BCUT2D eigenvalue weighted by Gasteiger charge is -2.36. The molecule has 0 aromatic heterocycles. The Bertz CT molecular complexity index is 527. The van der Waals surface area contributed by atoms with Crippen molar-refractivity contribution in [1.29, 1.82) is 0 Å². The fraction of sp³-hybridized carbons (Fsp3) is 0.778. The highest BCUT2D eigenvalue weighted by atomic mass is 16.5. The van der Waals surface area contributed by atoms with E-state index < -0.39 is 0 Å².